The lowest BCUT2D eigenvalue weighted by Gasteiger charge is -2.15. The molecule has 8 heteroatoms. The number of hydrogen-bond donors (Lipinski definition) is 1. The summed E-state index contributed by atoms with van der Waals surface area (Å²) in [4.78, 5) is 12.4. The first-order valence-corrected chi connectivity index (χ1v) is 9.44. The molecule has 0 saturated carbocycles. The van der Waals surface area contributed by atoms with Gasteiger partial charge in [-0.05, 0) is 42.5 Å². The van der Waals surface area contributed by atoms with Gasteiger partial charge in [0.05, 0.1) is 18.4 Å². The van der Waals surface area contributed by atoms with Crippen molar-refractivity contribution in [2.75, 3.05) is 23.9 Å². The van der Waals surface area contributed by atoms with E-state index in [9.17, 15) is 18.0 Å². The minimum atomic E-state index is -4.45. The van der Waals surface area contributed by atoms with Crippen LogP contribution in [0, 0.1) is 5.92 Å². The van der Waals surface area contributed by atoms with Crippen LogP contribution in [0.2, 0.25) is 0 Å². The van der Waals surface area contributed by atoms with Crippen molar-refractivity contribution in [3.63, 3.8) is 0 Å². The zero-order valence-electron chi connectivity index (χ0n) is 14.5. The van der Waals surface area contributed by atoms with E-state index >= 15 is 0 Å². The number of alkyl halides is 3. The van der Waals surface area contributed by atoms with E-state index in [0.717, 1.165) is 30.1 Å². The molecule has 1 saturated heterocycles. The van der Waals surface area contributed by atoms with Gasteiger partial charge in [-0.25, -0.2) is 0 Å². The zero-order chi connectivity index (χ0) is 19.4. The molecule has 0 bridgehead atoms. The molecule has 3 rings (SSSR count). The fourth-order valence-corrected chi connectivity index (χ4v) is 3.92. The van der Waals surface area contributed by atoms with Crippen molar-refractivity contribution in [1.82, 2.24) is 0 Å². The number of ether oxygens (including phenoxy) is 2. The highest BCUT2D eigenvalue weighted by Crippen LogP contribution is 2.35. The van der Waals surface area contributed by atoms with Gasteiger partial charge in [0.2, 0.25) is 5.91 Å². The average Bonchev–Trinajstić information content (AvgIpc) is 3.16. The van der Waals surface area contributed by atoms with Crippen molar-refractivity contribution in [2.45, 2.75) is 12.6 Å². The number of carbonyl (C=O) groups is 1. The Morgan fingerprint density at radius 1 is 1.19 bits per heavy atom. The van der Waals surface area contributed by atoms with Gasteiger partial charge >= 0.3 is 6.18 Å². The first-order valence-electron chi connectivity index (χ1n) is 8.28. The Balaban J connectivity index is 1.79. The number of halogens is 3. The van der Waals surface area contributed by atoms with E-state index in [1.807, 2.05) is 0 Å². The third kappa shape index (κ3) is 4.88. The second kappa shape index (κ2) is 8.12. The van der Waals surface area contributed by atoms with E-state index in [1.165, 1.54) is 19.2 Å². The summed E-state index contributed by atoms with van der Waals surface area (Å²) in [5.74, 6) is 2.36. The Morgan fingerprint density at radius 2 is 1.96 bits per heavy atom. The van der Waals surface area contributed by atoms with E-state index in [4.69, 9.17) is 9.47 Å². The summed E-state index contributed by atoms with van der Waals surface area (Å²) < 4.78 is 49.3. The number of nitrogens with one attached hydrogen (secondary N) is 1. The van der Waals surface area contributed by atoms with Gasteiger partial charge in [0.25, 0.3) is 0 Å². The van der Waals surface area contributed by atoms with Crippen LogP contribution in [0.25, 0.3) is 0 Å². The monoisotopic (exact) mass is 397 g/mol. The fourth-order valence-electron chi connectivity index (χ4n) is 2.70. The summed E-state index contributed by atoms with van der Waals surface area (Å²) in [6, 6.07) is 9.33. The first kappa shape index (κ1) is 19.4. The summed E-state index contributed by atoms with van der Waals surface area (Å²) in [7, 11) is 1.48. The lowest BCUT2D eigenvalue weighted by molar-refractivity contribution is -0.137. The smallest absolute Gasteiger partial charge is 0.416 e. The number of thioether (sulfide) groups is 1. The number of amides is 1. The normalized spacial score (nSPS) is 16.8. The molecule has 2 aromatic carbocycles. The van der Waals surface area contributed by atoms with Crippen molar-refractivity contribution in [3.8, 4) is 17.2 Å². The number of methoxy groups -OCH3 is 1. The largest absolute Gasteiger partial charge is 0.495 e. The Labute approximate surface area is 159 Å². The van der Waals surface area contributed by atoms with Gasteiger partial charge in [-0.3, -0.25) is 4.79 Å². The second-order valence-electron chi connectivity index (χ2n) is 6.04. The number of hydrogen-bond acceptors (Lipinski definition) is 4. The molecule has 0 radical (unpaired) electrons. The first-order chi connectivity index (χ1) is 12.9. The van der Waals surface area contributed by atoms with Gasteiger partial charge in [0, 0.05) is 17.7 Å². The average molecular weight is 397 g/mol. The molecule has 1 atom stereocenters. The van der Waals surface area contributed by atoms with E-state index in [1.54, 1.807) is 30.0 Å². The maximum atomic E-state index is 12.8. The molecule has 1 N–H and O–H groups in total. The molecule has 1 aliphatic rings. The third-order valence-corrected chi connectivity index (χ3v) is 5.29. The molecule has 1 unspecified atom stereocenters. The van der Waals surface area contributed by atoms with Crippen LogP contribution in [0.15, 0.2) is 42.5 Å². The minimum Gasteiger partial charge on any atom is -0.495 e. The summed E-state index contributed by atoms with van der Waals surface area (Å²) in [6.45, 7) is 0. The Kier molecular flexibility index (Phi) is 5.84. The van der Waals surface area contributed by atoms with Crippen LogP contribution >= 0.6 is 11.8 Å². The van der Waals surface area contributed by atoms with Crippen LogP contribution in [0.3, 0.4) is 0 Å². The van der Waals surface area contributed by atoms with E-state index < -0.39 is 11.7 Å². The number of carbonyl (C=O) groups excluding carboxylic acids is 1. The highest BCUT2D eigenvalue weighted by molar-refractivity contribution is 7.99. The molecular formula is C19H18F3NO3S. The Hall–Kier alpha value is -2.35. The van der Waals surface area contributed by atoms with Crippen LogP contribution in [0.1, 0.15) is 12.0 Å². The summed E-state index contributed by atoms with van der Waals surface area (Å²) in [6.07, 6.45) is -3.63. The highest BCUT2D eigenvalue weighted by Gasteiger charge is 2.30. The van der Waals surface area contributed by atoms with Crippen molar-refractivity contribution in [2.24, 2.45) is 5.92 Å². The molecule has 1 aliphatic heterocycles. The van der Waals surface area contributed by atoms with Crippen LogP contribution < -0.4 is 14.8 Å². The van der Waals surface area contributed by atoms with Gasteiger partial charge in [-0.1, -0.05) is 6.07 Å². The summed E-state index contributed by atoms with van der Waals surface area (Å²) in [5.41, 5.74) is -0.371. The number of rotatable bonds is 5. The lowest BCUT2D eigenvalue weighted by atomic mass is 10.1. The van der Waals surface area contributed by atoms with Crippen molar-refractivity contribution < 1.29 is 27.4 Å². The third-order valence-electron chi connectivity index (χ3n) is 4.13. The summed E-state index contributed by atoms with van der Waals surface area (Å²) in [5, 5.41) is 2.83. The molecular weight excluding hydrogens is 379 g/mol. The zero-order valence-corrected chi connectivity index (χ0v) is 15.3. The standard InChI is InChI=1S/C19H18F3NO3S/c1-25-17-6-5-15(10-16(17)23-18(24)12-7-8-27-11-12)26-14-4-2-3-13(9-14)19(20,21)22/h2-6,9-10,12H,7-8,11H2,1H3,(H,23,24). The van der Waals surface area contributed by atoms with Crippen molar-refractivity contribution >= 4 is 23.4 Å². The fraction of sp³-hybridized carbons (Fsp3) is 0.316. The minimum absolute atomic E-state index is 0.0551. The molecule has 0 aliphatic carbocycles. The molecule has 1 fully saturated rings. The summed E-state index contributed by atoms with van der Waals surface area (Å²) >= 11 is 1.73. The quantitative estimate of drug-likeness (QED) is 0.754. The van der Waals surface area contributed by atoms with Crippen LogP contribution in [-0.2, 0) is 11.0 Å². The predicted octanol–water partition coefficient (Wildman–Crippen LogP) is 5.20. The molecule has 2 aromatic rings. The molecule has 1 heterocycles. The van der Waals surface area contributed by atoms with Gasteiger partial charge in [0.1, 0.15) is 17.2 Å². The molecule has 1 amide bonds. The van der Waals surface area contributed by atoms with Gasteiger partial charge in [-0.15, -0.1) is 0 Å². The van der Waals surface area contributed by atoms with Gasteiger partial charge < -0.3 is 14.8 Å². The lowest BCUT2D eigenvalue weighted by Crippen LogP contribution is -2.22. The van der Waals surface area contributed by atoms with Gasteiger partial charge in [-0.2, -0.15) is 24.9 Å². The van der Waals surface area contributed by atoms with E-state index in [0.29, 0.717) is 17.2 Å². The predicted molar refractivity (Wildman–Crippen MR) is 98.6 cm³/mol. The topological polar surface area (TPSA) is 47.6 Å². The molecule has 4 nitrogen and oxygen atoms in total. The SMILES string of the molecule is COc1ccc(Oc2cccc(C(F)(F)F)c2)cc1NC(=O)C1CCSC1. The van der Waals surface area contributed by atoms with Gasteiger partial charge in [0.15, 0.2) is 0 Å². The second-order valence-corrected chi connectivity index (χ2v) is 7.19. The maximum Gasteiger partial charge on any atom is 0.416 e. The maximum absolute atomic E-state index is 12.8. The molecule has 27 heavy (non-hydrogen) atoms. The van der Waals surface area contributed by atoms with Crippen LogP contribution in [0.4, 0.5) is 18.9 Å². The Morgan fingerprint density at radius 3 is 2.63 bits per heavy atom. The van der Waals surface area contributed by atoms with Crippen LogP contribution in [0.5, 0.6) is 17.2 Å². The van der Waals surface area contributed by atoms with Crippen LogP contribution in [-0.4, -0.2) is 24.5 Å². The number of anilines is 1. The van der Waals surface area contributed by atoms with Crippen molar-refractivity contribution in [3.05, 3.63) is 48.0 Å². The highest BCUT2D eigenvalue weighted by atomic mass is 32.2. The van der Waals surface area contributed by atoms with Crippen molar-refractivity contribution in [1.29, 1.82) is 0 Å². The molecule has 0 spiro atoms. The number of benzene rings is 2. The molecule has 144 valence electrons. The molecule has 0 aromatic heterocycles. The van der Waals surface area contributed by atoms with E-state index in [-0.39, 0.29) is 17.6 Å². The van der Waals surface area contributed by atoms with E-state index in [2.05, 4.69) is 5.32 Å². The Bertz CT molecular complexity index is 820.